The van der Waals surface area contributed by atoms with Crippen molar-refractivity contribution in [2.45, 2.75) is 38.6 Å². The maximum absolute atomic E-state index is 9.81. The van der Waals surface area contributed by atoms with Gasteiger partial charge in [-0.05, 0) is 12.0 Å². The van der Waals surface area contributed by atoms with E-state index in [1.54, 1.807) is 0 Å². The summed E-state index contributed by atoms with van der Waals surface area (Å²) in [5, 5.41) is 9.81. The first kappa shape index (κ1) is 17.2. The summed E-state index contributed by atoms with van der Waals surface area (Å²) in [5.41, 5.74) is 2.06. The molecule has 0 unspecified atom stereocenters. The van der Waals surface area contributed by atoms with Gasteiger partial charge in [0.15, 0.2) is 5.79 Å². The van der Waals surface area contributed by atoms with E-state index in [4.69, 9.17) is 9.47 Å². The lowest BCUT2D eigenvalue weighted by Gasteiger charge is -2.48. The zero-order chi connectivity index (χ0) is 17.0. The second-order valence-corrected chi connectivity index (χ2v) is 7.17. The van der Waals surface area contributed by atoms with Crippen LogP contribution in [0.15, 0.2) is 60.7 Å². The molecule has 1 N–H and O–H groups in total. The third kappa shape index (κ3) is 3.54. The van der Waals surface area contributed by atoms with Crippen LogP contribution in [0.25, 0.3) is 0 Å². The largest absolute Gasteiger partial charge is 0.394 e. The molecule has 3 heteroatoms. The molecule has 0 aromatic heterocycles. The zero-order valence-electron chi connectivity index (χ0n) is 14.4. The van der Waals surface area contributed by atoms with Crippen LogP contribution in [0.4, 0.5) is 0 Å². The van der Waals surface area contributed by atoms with Crippen LogP contribution in [0.2, 0.25) is 0 Å². The second kappa shape index (κ2) is 7.06. The highest BCUT2D eigenvalue weighted by Gasteiger charge is 2.47. The van der Waals surface area contributed by atoms with E-state index < -0.39 is 5.79 Å². The summed E-state index contributed by atoms with van der Waals surface area (Å²) < 4.78 is 12.7. The Morgan fingerprint density at radius 1 is 1.00 bits per heavy atom. The molecule has 0 amide bonds. The fraction of sp³-hybridized carbons (Fsp3) is 0.429. The van der Waals surface area contributed by atoms with Gasteiger partial charge in [-0.1, -0.05) is 74.5 Å². The zero-order valence-corrected chi connectivity index (χ0v) is 14.4. The van der Waals surface area contributed by atoms with Gasteiger partial charge in [0.2, 0.25) is 0 Å². The minimum Gasteiger partial charge on any atom is -0.394 e. The number of ether oxygens (including phenoxy) is 2. The molecule has 3 rings (SSSR count). The summed E-state index contributed by atoms with van der Waals surface area (Å²) in [6, 6.07) is 20.4. The number of aryl methyl sites for hydroxylation is 1. The number of hydrogen-bond donors (Lipinski definition) is 1. The maximum atomic E-state index is 9.81. The molecule has 0 aliphatic carbocycles. The van der Waals surface area contributed by atoms with Gasteiger partial charge in [-0.25, -0.2) is 0 Å². The Bertz CT molecular complexity index is 639. The summed E-state index contributed by atoms with van der Waals surface area (Å²) >= 11 is 0. The van der Waals surface area contributed by atoms with E-state index >= 15 is 0 Å². The quantitative estimate of drug-likeness (QED) is 0.905. The Hall–Kier alpha value is -1.68. The van der Waals surface area contributed by atoms with Gasteiger partial charge < -0.3 is 14.6 Å². The summed E-state index contributed by atoms with van der Waals surface area (Å²) in [4.78, 5) is 0. The number of rotatable bonds is 5. The van der Waals surface area contributed by atoms with Gasteiger partial charge >= 0.3 is 0 Å². The van der Waals surface area contributed by atoms with Crippen molar-refractivity contribution in [2.24, 2.45) is 5.41 Å². The monoisotopic (exact) mass is 326 g/mol. The van der Waals surface area contributed by atoms with E-state index in [-0.39, 0.29) is 18.1 Å². The van der Waals surface area contributed by atoms with Crippen LogP contribution in [0.1, 0.15) is 31.4 Å². The van der Waals surface area contributed by atoms with E-state index in [9.17, 15) is 5.11 Å². The molecule has 0 bridgehead atoms. The predicted molar refractivity (Wildman–Crippen MR) is 94.6 cm³/mol. The lowest BCUT2D eigenvalue weighted by atomic mass is 9.84. The molecule has 1 fully saturated rings. The van der Waals surface area contributed by atoms with Crippen LogP contribution >= 0.6 is 0 Å². The van der Waals surface area contributed by atoms with E-state index in [1.165, 1.54) is 5.56 Å². The van der Waals surface area contributed by atoms with Crippen LogP contribution in [0.3, 0.4) is 0 Å². The molecule has 1 saturated heterocycles. The minimum atomic E-state index is -0.806. The molecule has 0 radical (unpaired) electrons. The molecule has 24 heavy (non-hydrogen) atoms. The molecule has 1 heterocycles. The standard InChI is InChI=1S/C21H26O3/c1-20(2)16-23-21(24-19(20)15-22,18-11-7-4-8-12-18)14-13-17-9-5-3-6-10-17/h3-12,19,22H,13-16H2,1-2H3/t19-,21+/m1/s1. The summed E-state index contributed by atoms with van der Waals surface area (Å²) in [6.07, 6.45) is 1.32. The SMILES string of the molecule is CC1(C)CO[C@](CCc2ccccc2)(c2ccccc2)O[C@@H]1CO. The van der Waals surface area contributed by atoms with E-state index in [0.717, 1.165) is 12.0 Å². The Morgan fingerprint density at radius 2 is 1.62 bits per heavy atom. The third-order valence-electron chi connectivity index (χ3n) is 4.85. The highest BCUT2D eigenvalue weighted by molar-refractivity contribution is 5.23. The first-order valence-electron chi connectivity index (χ1n) is 8.58. The number of aliphatic hydroxyl groups excluding tert-OH is 1. The van der Waals surface area contributed by atoms with Crippen LogP contribution in [-0.4, -0.2) is 24.4 Å². The summed E-state index contributed by atoms with van der Waals surface area (Å²) in [5.74, 6) is -0.806. The maximum Gasteiger partial charge on any atom is 0.195 e. The van der Waals surface area contributed by atoms with Gasteiger partial charge in [-0.3, -0.25) is 0 Å². The molecular formula is C21H26O3. The Morgan fingerprint density at radius 3 is 2.25 bits per heavy atom. The van der Waals surface area contributed by atoms with Crippen molar-refractivity contribution >= 4 is 0 Å². The van der Waals surface area contributed by atoms with Gasteiger partial charge in [0.05, 0.1) is 19.3 Å². The molecular weight excluding hydrogens is 300 g/mol. The first-order chi connectivity index (χ1) is 11.6. The molecule has 2 aromatic carbocycles. The second-order valence-electron chi connectivity index (χ2n) is 7.17. The molecule has 0 saturated carbocycles. The predicted octanol–water partition coefficient (Wildman–Crippen LogP) is 3.91. The lowest BCUT2D eigenvalue weighted by molar-refractivity contribution is -0.345. The molecule has 2 atom stereocenters. The molecule has 1 aliphatic heterocycles. The molecule has 0 spiro atoms. The van der Waals surface area contributed by atoms with Crippen LogP contribution in [0.5, 0.6) is 0 Å². The fourth-order valence-electron chi connectivity index (χ4n) is 3.18. The van der Waals surface area contributed by atoms with Crippen LogP contribution in [0, 0.1) is 5.41 Å². The average molecular weight is 326 g/mol. The van der Waals surface area contributed by atoms with Gasteiger partial charge in [0, 0.05) is 17.4 Å². The van der Waals surface area contributed by atoms with Gasteiger partial charge in [0.1, 0.15) is 0 Å². The Labute approximate surface area is 144 Å². The highest BCUT2D eigenvalue weighted by Crippen LogP contribution is 2.43. The normalized spacial score (nSPS) is 26.2. The van der Waals surface area contributed by atoms with Crippen molar-refractivity contribution in [3.05, 3.63) is 71.8 Å². The topological polar surface area (TPSA) is 38.7 Å². The average Bonchev–Trinajstić information content (AvgIpc) is 2.62. The molecule has 3 nitrogen and oxygen atoms in total. The van der Waals surface area contributed by atoms with Crippen molar-refractivity contribution in [1.82, 2.24) is 0 Å². The van der Waals surface area contributed by atoms with Crippen LogP contribution < -0.4 is 0 Å². The minimum absolute atomic E-state index is 0.00369. The van der Waals surface area contributed by atoms with Crippen molar-refractivity contribution in [3.63, 3.8) is 0 Å². The number of benzene rings is 2. The first-order valence-corrected chi connectivity index (χ1v) is 8.58. The van der Waals surface area contributed by atoms with E-state index in [0.29, 0.717) is 13.0 Å². The van der Waals surface area contributed by atoms with Crippen molar-refractivity contribution < 1.29 is 14.6 Å². The smallest absolute Gasteiger partial charge is 0.195 e. The summed E-state index contributed by atoms with van der Waals surface area (Å²) in [6.45, 7) is 4.69. The number of hydrogen-bond acceptors (Lipinski definition) is 3. The fourth-order valence-corrected chi connectivity index (χ4v) is 3.18. The van der Waals surface area contributed by atoms with Crippen molar-refractivity contribution in [1.29, 1.82) is 0 Å². The van der Waals surface area contributed by atoms with E-state index in [1.807, 2.05) is 48.5 Å². The third-order valence-corrected chi connectivity index (χ3v) is 4.85. The van der Waals surface area contributed by atoms with Crippen molar-refractivity contribution in [3.8, 4) is 0 Å². The van der Waals surface area contributed by atoms with E-state index in [2.05, 4.69) is 26.0 Å². The van der Waals surface area contributed by atoms with Gasteiger partial charge in [0.25, 0.3) is 0 Å². The molecule has 1 aliphatic rings. The Balaban J connectivity index is 1.88. The highest BCUT2D eigenvalue weighted by atomic mass is 16.7. The number of aliphatic hydroxyl groups is 1. The van der Waals surface area contributed by atoms with Crippen LogP contribution in [-0.2, 0) is 21.7 Å². The Kier molecular flexibility index (Phi) is 5.04. The van der Waals surface area contributed by atoms with Gasteiger partial charge in [-0.2, -0.15) is 0 Å². The van der Waals surface area contributed by atoms with Gasteiger partial charge in [-0.15, -0.1) is 0 Å². The summed E-state index contributed by atoms with van der Waals surface area (Å²) in [7, 11) is 0. The lowest BCUT2D eigenvalue weighted by Crippen LogP contribution is -2.53. The molecule has 128 valence electrons. The van der Waals surface area contributed by atoms with Crippen molar-refractivity contribution in [2.75, 3.05) is 13.2 Å². The molecule has 2 aromatic rings.